The van der Waals surface area contributed by atoms with E-state index in [0.717, 1.165) is 32.0 Å². The molecule has 0 spiro atoms. The first-order chi connectivity index (χ1) is 14.5. The molecule has 0 aromatic heterocycles. The van der Waals surface area contributed by atoms with E-state index in [0.29, 0.717) is 5.69 Å². The number of piperidine rings is 1. The topological polar surface area (TPSA) is 69.7 Å². The van der Waals surface area contributed by atoms with Crippen molar-refractivity contribution >= 4 is 23.4 Å². The van der Waals surface area contributed by atoms with Crippen LogP contribution in [0.1, 0.15) is 31.7 Å². The van der Waals surface area contributed by atoms with Crippen molar-refractivity contribution in [1.29, 1.82) is 0 Å². The van der Waals surface area contributed by atoms with Gasteiger partial charge in [-0.3, -0.25) is 24.2 Å². The summed E-state index contributed by atoms with van der Waals surface area (Å²) in [6, 6.07) is 7.86. The highest BCUT2D eigenvalue weighted by atomic mass is 16.2. The zero-order valence-corrected chi connectivity index (χ0v) is 17.4. The number of amides is 3. The van der Waals surface area contributed by atoms with E-state index in [4.69, 9.17) is 0 Å². The number of nitrogens with one attached hydrogen (secondary N) is 1. The lowest BCUT2D eigenvalue weighted by Crippen LogP contribution is -2.39. The van der Waals surface area contributed by atoms with E-state index in [2.05, 4.69) is 29.3 Å². The fourth-order valence-corrected chi connectivity index (χ4v) is 5.85. The minimum Gasteiger partial charge on any atom is -0.325 e. The maximum Gasteiger partial charge on any atom is 0.244 e. The molecule has 5 atom stereocenters. The van der Waals surface area contributed by atoms with E-state index >= 15 is 0 Å². The van der Waals surface area contributed by atoms with E-state index in [9.17, 15) is 14.4 Å². The summed E-state index contributed by atoms with van der Waals surface area (Å²) < 4.78 is 0. The van der Waals surface area contributed by atoms with Crippen LogP contribution in [-0.2, 0) is 20.9 Å². The van der Waals surface area contributed by atoms with E-state index in [-0.39, 0.29) is 47.9 Å². The van der Waals surface area contributed by atoms with Gasteiger partial charge in [-0.05, 0) is 61.3 Å². The minimum absolute atomic E-state index is 0.167. The van der Waals surface area contributed by atoms with Crippen LogP contribution in [0.3, 0.4) is 0 Å². The van der Waals surface area contributed by atoms with Gasteiger partial charge in [-0.1, -0.05) is 31.2 Å². The Morgan fingerprint density at radius 1 is 1.07 bits per heavy atom. The van der Waals surface area contributed by atoms with Gasteiger partial charge in [0.15, 0.2) is 0 Å². The molecule has 1 aromatic rings. The Morgan fingerprint density at radius 3 is 2.37 bits per heavy atom. The van der Waals surface area contributed by atoms with Crippen LogP contribution in [0.15, 0.2) is 36.4 Å². The fraction of sp³-hybridized carbons (Fsp3) is 0.542. The molecule has 2 saturated heterocycles. The van der Waals surface area contributed by atoms with Crippen LogP contribution in [0.25, 0.3) is 0 Å². The van der Waals surface area contributed by atoms with Crippen molar-refractivity contribution in [3.63, 3.8) is 0 Å². The zero-order valence-electron chi connectivity index (χ0n) is 17.4. The van der Waals surface area contributed by atoms with Crippen molar-refractivity contribution < 1.29 is 14.4 Å². The fourth-order valence-electron chi connectivity index (χ4n) is 5.85. The number of hydrogen-bond donors (Lipinski definition) is 1. The van der Waals surface area contributed by atoms with E-state index in [1.807, 2.05) is 24.3 Å². The lowest BCUT2D eigenvalue weighted by atomic mass is 9.85. The lowest BCUT2D eigenvalue weighted by Gasteiger charge is -2.30. The Kier molecular flexibility index (Phi) is 4.97. The smallest absolute Gasteiger partial charge is 0.244 e. The summed E-state index contributed by atoms with van der Waals surface area (Å²) >= 11 is 0. The summed E-state index contributed by atoms with van der Waals surface area (Å²) in [5.41, 5.74) is 1.92. The molecule has 158 valence electrons. The van der Waals surface area contributed by atoms with Gasteiger partial charge in [-0.15, -0.1) is 0 Å². The van der Waals surface area contributed by atoms with Gasteiger partial charge in [0, 0.05) is 18.8 Å². The Morgan fingerprint density at radius 2 is 1.73 bits per heavy atom. The largest absolute Gasteiger partial charge is 0.325 e. The first-order valence-corrected chi connectivity index (χ1v) is 11.1. The molecule has 1 saturated carbocycles. The summed E-state index contributed by atoms with van der Waals surface area (Å²) in [5.74, 6) is -0.103. The number of rotatable bonds is 5. The second-order valence-electron chi connectivity index (χ2n) is 9.49. The maximum absolute atomic E-state index is 12.7. The van der Waals surface area contributed by atoms with Crippen molar-refractivity contribution in [1.82, 2.24) is 9.80 Å². The van der Waals surface area contributed by atoms with Crippen LogP contribution in [0.2, 0.25) is 0 Å². The molecule has 5 rings (SSSR count). The SMILES string of the molecule is CC1CCCN(Cc2ccc(NC(=O)CN3C(=O)C4C5C=CC(C5)C4C3=O)cc2)C1. The molecular weight excluding hydrogens is 378 g/mol. The standard InChI is InChI=1S/C24H29N3O3/c1-15-3-2-10-26(12-15)13-16-4-8-19(9-5-16)25-20(28)14-27-23(29)21-17-6-7-18(11-17)22(21)24(27)30/h4-9,15,17-18,21-22H,2-3,10-14H2,1H3,(H,25,28). The molecule has 0 radical (unpaired) electrons. The molecule has 3 fully saturated rings. The minimum atomic E-state index is -0.324. The molecule has 1 N–H and O–H groups in total. The molecule has 2 aliphatic carbocycles. The lowest BCUT2D eigenvalue weighted by molar-refractivity contribution is -0.143. The normalized spacial score (nSPS) is 32.7. The van der Waals surface area contributed by atoms with Crippen molar-refractivity contribution in [2.24, 2.45) is 29.6 Å². The summed E-state index contributed by atoms with van der Waals surface area (Å²) in [6.07, 6.45) is 7.58. The third-order valence-corrected chi connectivity index (χ3v) is 7.25. The average Bonchev–Trinajstić information content (AvgIpc) is 3.40. The molecule has 3 amide bonds. The molecule has 6 nitrogen and oxygen atoms in total. The summed E-state index contributed by atoms with van der Waals surface area (Å²) in [4.78, 5) is 41.6. The first-order valence-electron chi connectivity index (χ1n) is 11.1. The van der Waals surface area contributed by atoms with Gasteiger partial charge >= 0.3 is 0 Å². The Hall–Kier alpha value is -2.47. The average molecular weight is 408 g/mol. The molecule has 1 aromatic carbocycles. The van der Waals surface area contributed by atoms with Gasteiger partial charge in [0.05, 0.1) is 11.8 Å². The van der Waals surface area contributed by atoms with Gasteiger partial charge in [0.1, 0.15) is 6.54 Å². The Labute approximate surface area is 177 Å². The predicted molar refractivity (Wildman–Crippen MR) is 113 cm³/mol. The van der Waals surface area contributed by atoms with Gasteiger partial charge in [-0.2, -0.15) is 0 Å². The number of benzene rings is 1. The second-order valence-corrected chi connectivity index (χ2v) is 9.49. The molecule has 30 heavy (non-hydrogen) atoms. The zero-order chi connectivity index (χ0) is 20.8. The highest BCUT2D eigenvalue weighted by molar-refractivity contribution is 6.09. The number of anilines is 1. The first kappa shape index (κ1) is 19.5. The van der Waals surface area contributed by atoms with Crippen molar-refractivity contribution in [2.45, 2.75) is 32.7 Å². The van der Waals surface area contributed by atoms with E-state index in [1.165, 1.54) is 23.3 Å². The molecule has 2 aliphatic heterocycles. The highest BCUT2D eigenvalue weighted by Gasteiger charge is 2.59. The number of nitrogens with zero attached hydrogens (tertiary/aromatic N) is 2. The number of fused-ring (bicyclic) bond motifs is 5. The molecule has 5 unspecified atom stereocenters. The van der Waals surface area contributed by atoms with E-state index in [1.54, 1.807) is 0 Å². The number of imide groups is 1. The summed E-state index contributed by atoms with van der Waals surface area (Å²) in [6.45, 7) is 5.30. The maximum atomic E-state index is 12.7. The van der Waals surface area contributed by atoms with Gasteiger partial charge < -0.3 is 5.32 Å². The van der Waals surface area contributed by atoms with Crippen LogP contribution in [0.4, 0.5) is 5.69 Å². The van der Waals surface area contributed by atoms with Crippen molar-refractivity contribution in [3.8, 4) is 0 Å². The Balaban J connectivity index is 1.16. The molecule has 2 bridgehead atoms. The molecule has 4 aliphatic rings. The van der Waals surface area contributed by atoms with Gasteiger partial charge in [0.25, 0.3) is 0 Å². The van der Waals surface area contributed by atoms with Crippen molar-refractivity contribution in [2.75, 3.05) is 25.0 Å². The predicted octanol–water partition coefficient (Wildman–Crippen LogP) is 2.66. The Bertz CT molecular complexity index is 863. The monoisotopic (exact) mass is 407 g/mol. The second kappa shape index (κ2) is 7.65. The quantitative estimate of drug-likeness (QED) is 0.602. The van der Waals surface area contributed by atoms with Crippen LogP contribution in [0.5, 0.6) is 0 Å². The number of allylic oxidation sites excluding steroid dienone is 2. The highest BCUT2D eigenvalue weighted by Crippen LogP contribution is 2.52. The third-order valence-electron chi connectivity index (χ3n) is 7.25. The van der Waals surface area contributed by atoms with E-state index < -0.39 is 0 Å². The van der Waals surface area contributed by atoms with Gasteiger partial charge in [-0.25, -0.2) is 0 Å². The third kappa shape index (κ3) is 3.47. The van der Waals surface area contributed by atoms with Crippen LogP contribution >= 0.6 is 0 Å². The van der Waals surface area contributed by atoms with Gasteiger partial charge in [0.2, 0.25) is 17.7 Å². The van der Waals surface area contributed by atoms with Crippen LogP contribution < -0.4 is 5.32 Å². The molecule has 2 heterocycles. The summed E-state index contributed by atoms with van der Waals surface area (Å²) in [7, 11) is 0. The van der Waals surface area contributed by atoms with Crippen LogP contribution in [-0.4, -0.2) is 47.2 Å². The molecule has 6 heteroatoms. The number of likely N-dealkylation sites (tertiary alicyclic amines) is 2. The molecular formula is C24H29N3O3. The number of carbonyl (C=O) groups is 3. The number of hydrogen-bond acceptors (Lipinski definition) is 4. The summed E-state index contributed by atoms with van der Waals surface area (Å²) in [5, 5.41) is 2.84. The number of carbonyl (C=O) groups excluding carboxylic acids is 3. The van der Waals surface area contributed by atoms with Crippen molar-refractivity contribution in [3.05, 3.63) is 42.0 Å². The van der Waals surface area contributed by atoms with Crippen LogP contribution in [0, 0.1) is 29.6 Å².